The summed E-state index contributed by atoms with van der Waals surface area (Å²) in [4.78, 5) is 26.4. The largest absolute Gasteiger partial charge is 0.508 e. The van der Waals surface area contributed by atoms with Crippen molar-refractivity contribution < 1.29 is 9.84 Å². The number of aryl methyl sites for hydroxylation is 1. The molecule has 4 aromatic rings. The highest BCUT2D eigenvalue weighted by Crippen LogP contribution is 2.36. The molecule has 3 heterocycles. The minimum atomic E-state index is -0.178. The Morgan fingerprint density at radius 3 is 2.72 bits per heavy atom. The molecule has 5 rings (SSSR count). The molecule has 0 saturated carbocycles. The zero-order chi connectivity index (χ0) is 25.2. The summed E-state index contributed by atoms with van der Waals surface area (Å²) in [6, 6.07) is 14.5. The van der Waals surface area contributed by atoms with Gasteiger partial charge in [0.1, 0.15) is 29.4 Å². The van der Waals surface area contributed by atoms with Crippen molar-refractivity contribution in [1.82, 2.24) is 19.4 Å². The van der Waals surface area contributed by atoms with E-state index in [-0.39, 0.29) is 11.3 Å². The first-order valence-electron chi connectivity index (χ1n) is 11.7. The molecule has 0 spiro atoms. The first-order valence-corrected chi connectivity index (χ1v) is 11.7. The summed E-state index contributed by atoms with van der Waals surface area (Å²) in [6.45, 7) is 2.73. The Labute approximate surface area is 208 Å². The molecule has 1 aliphatic heterocycles. The van der Waals surface area contributed by atoms with Gasteiger partial charge in [0, 0.05) is 50.0 Å². The van der Waals surface area contributed by atoms with E-state index >= 15 is 0 Å². The number of phenolic OH excluding ortho intramolecular Hbond substituents is 1. The van der Waals surface area contributed by atoms with Crippen LogP contribution < -0.4 is 25.8 Å². The van der Waals surface area contributed by atoms with Crippen molar-refractivity contribution in [3.8, 4) is 11.5 Å². The van der Waals surface area contributed by atoms with Crippen LogP contribution in [0.25, 0.3) is 11.0 Å². The van der Waals surface area contributed by atoms with Crippen LogP contribution in [0.15, 0.2) is 59.5 Å². The third kappa shape index (κ3) is 4.76. The van der Waals surface area contributed by atoms with E-state index in [9.17, 15) is 9.90 Å². The van der Waals surface area contributed by atoms with Crippen molar-refractivity contribution in [1.29, 1.82) is 0 Å². The molecule has 2 aromatic heterocycles. The second-order valence-corrected chi connectivity index (χ2v) is 8.95. The van der Waals surface area contributed by atoms with Gasteiger partial charge in [-0.3, -0.25) is 9.36 Å². The van der Waals surface area contributed by atoms with Crippen LogP contribution in [-0.4, -0.2) is 64.9 Å². The van der Waals surface area contributed by atoms with Crippen LogP contribution in [0.1, 0.15) is 0 Å². The van der Waals surface area contributed by atoms with E-state index in [4.69, 9.17) is 4.74 Å². The lowest BCUT2D eigenvalue weighted by Gasteiger charge is -2.32. The summed E-state index contributed by atoms with van der Waals surface area (Å²) >= 11 is 0. The van der Waals surface area contributed by atoms with Gasteiger partial charge in [0.2, 0.25) is 5.95 Å². The van der Waals surface area contributed by atoms with E-state index in [1.807, 2.05) is 49.3 Å². The van der Waals surface area contributed by atoms with Crippen molar-refractivity contribution in [2.75, 3.05) is 55.9 Å². The topological polar surface area (TPSA) is 108 Å². The summed E-state index contributed by atoms with van der Waals surface area (Å²) in [5.41, 5.74) is 3.29. The molecule has 0 saturated heterocycles. The van der Waals surface area contributed by atoms with E-state index in [1.54, 1.807) is 31.4 Å². The number of rotatable bonds is 7. The molecule has 1 aliphatic rings. The maximum absolute atomic E-state index is 13.4. The highest BCUT2D eigenvalue weighted by molar-refractivity contribution is 5.85. The highest BCUT2D eigenvalue weighted by Gasteiger charge is 2.22. The minimum Gasteiger partial charge on any atom is -0.508 e. The van der Waals surface area contributed by atoms with E-state index in [1.165, 1.54) is 4.57 Å². The van der Waals surface area contributed by atoms with Gasteiger partial charge in [-0.25, -0.2) is 4.98 Å². The van der Waals surface area contributed by atoms with Gasteiger partial charge in [-0.1, -0.05) is 0 Å². The molecule has 0 unspecified atom stereocenters. The van der Waals surface area contributed by atoms with Crippen LogP contribution in [0.5, 0.6) is 11.5 Å². The SMILES string of the molecule is CN(C)CCOc1ccc(Nc2ncc3cc(N4CCNc5ccc(O)cc54)c(=O)n(C)c3n2)cc1. The third-order valence-corrected chi connectivity index (χ3v) is 6.06. The Bertz CT molecular complexity index is 1450. The standard InChI is InChI=1S/C26H29N7O3/c1-31(2)12-13-36-20-7-4-18(5-8-20)29-26-28-16-17-14-23(25(35)32(3)24(17)30-26)33-11-10-27-21-9-6-19(34)15-22(21)33/h4-9,14-16,27,34H,10-13H2,1-3H3,(H,28,29,30). The Morgan fingerprint density at radius 2 is 1.94 bits per heavy atom. The number of benzene rings is 2. The van der Waals surface area contributed by atoms with Crippen LogP contribution in [0, 0.1) is 0 Å². The second kappa shape index (κ2) is 9.74. The molecule has 0 atom stereocenters. The van der Waals surface area contributed by atoms with Gasteiger partial charge in [0.15, 0.2) is 0 Å². The summed E-state index contributed by atoms with van der Waals surface area (Å²) in [7, 11) is 5.72. The van der Waals surface area contributed by atoms with E-state index in [0.717, 1.165) is 34.7 Å². The number of anilines is 5. The monoisotopic (exact) mass is 487 g/mol. The Kier molecular flexibility index (Phi) is 6.34. The van der Waals surface area contributed by atoms with Gasteiger partial charge in [0.25, 0.3) is 5.56 Å². The Balaban J connectivity index is 1.40. The minimum absolute atomic E-state index is 0.146. The lowest BCUT2D eigenvalue weighted by atomic mass is 10.1. The molecule has 10 nitrogen and oxygen atoms in total. The predicted octanol–water partition coefficient (Wildman–Crippen LogP) is 3.28. The number of hydrogen-bond acceptors (Lipinski definition) is 9. The van der Waals surface area contributed by atoms with E-state index in [2.05, 4.69) is 25.5 Å². The molecular formula is C26H29N7O3. The molecule has 0 amide bonds. The van der Waals surface area contributed by atoms with Crippen LogP contribution in [-0.2, 0) is 7.05 Å². The zero-order valence-corrected chi connectivity index (χ0v) is 20.5. The van der Waals surface area contributed by atoms with Crippen molar-refractivity contribution in [2.24, 2.45) is 7.05 Å². The van der Waals surface area contributed by atoms with Crippen LogP contribution >= 0.6 is 0 Å². The smallest absolute Gasteiger partial charge is 0.275 e. The number of phenols is 1. The number of hydrogen-bond donors (Lipinski definition) is 3. The fourth-order valence-corrected chi connectivity index (χ4v) is 4.16. The number of fused-ring (bicyclic) bond motifs is 2. The van der Waals surface area contributed by atoms with Gasteiger partial charge in [-0.05, 0) is 56.6 Å². The highest BCUT2D eigenvalue weighted by atomic mass is 16.5. The number of nitrogens with one attached hydrogen (secondary N) is 2. The Hall–Kier alpha value is -4.31. The molecule has 0 radical (unpaired) electrons. The van der Waals surface area contributed by atoms with Crippen molar-refractivity contribution in [3.63, 3.8) is 0 Å². The number of pyridine rings is 1. The van der Waals surface area contributed by atoms with Crippen molar-refractivity contribution in [2.45, 2.75) is 0 Å². The zero-order valence-electron chi connectivity index (χ0n) is 20.5. The lowest BCUT2D eigenvalue weighted by molar-refractivity contribution is 0.261. The number of likely N-dealkylation sites (N-methyl/N-ethyl adjacent to an activating group) is 1. The number of aromatic nitrogens is 3. The average Bonchev–Trinajstić information content (AvgIpc) is 2.87. The van der Waals surface area contributed by atoms with Crippen molar-refractivity contribution >= 4 is 39.7 Å². The summed E-state index contributed by atoms with van der Waals surface area (Å²) in [5, 5.41) is 17.2. The fourth-order valence-electron chi connectivity index (χ4n) is 4.16. The predicted molar refractivity (Wildman–Crippen MR) is 142 cm³/mol. The molecule has 0 bridgehead atoms. The molecule has 10 heteroatoms. The molecular weight excluding hydrogens is 458 g/mol. The third-order valence-electron chi connectivity index (χ3n) is 6.06. The molecule has 36 heavy (non-hydrogen) atoms. The molecule has 0 fully saturated rings. The van der Waals surface area contributed by atoms with Crippen LogP contribution in [0.3, 0.4) is 0 Å². The maximum Gasteiger partial charge on any atom is 0.275 e. The Morgan fingerprint density at radius 1 is 1.14 bits per heavy atom. The summed E-state index contributed by atoms with van der Waals surface area (Å²) in [6.07, 6.45) is 1.71. The summed E-state index contributed by atoms with van der Waals surface area (Å²) in [5.74, 6) is 1.33. The molecule has 186 valence electrons. The first-order chi connectivity index (χ1) is 17.4. The number of ether oxygens (including phenoxy) is 1. The fraction of sp³-hybridized carbons (Fsp3) is 0.269. The average molecular weight is 488 g/mol. The number of nitrogens with zero attached hydrogens (tertiary/aromatic N) is 5. The normalized spacial score (nSPS) is 12.9. The second-order valence-electron chi connectivity index (χ2n) is 8.95. The summed E-state index contributed by atoms with van der Waals surface area (Å²) < 4.78 is 7.27. The van der Waals surface area contributed by atoms with Gasteiger partial charge in [-0.15, -0.1) is 0 Å². The lowest BCUT2D eigenvalue weighted by Crippen LogP contribution is -2.35. The van der Waals surface area contributed by atoms with Crippen LogP contribution in [0.4, 0.5) is 28.7 Å². The van der Waals surface area contributed by atoms with E-state index in [0.29, 0.717) is 37.0 Å². The number of aromatic hydroxyl groups is 1. The molecule has 0 aliphatic carbocycles. The van der Waals surface area contributed by atoms with Gasteiger partial charge < -0.3 is 30.3 Å². The van der Waals surface area contributed by atoms with Crippen LogP contribution in [0.2, 0.25) is 0 Å². The van der Waals surface area contributed by atoms with Gasteiger partial charge >= 0.3 is 0 Å². The van der Waals surface area contributed by atoms with E-state index < -0.39 is 0 Å². The molecule has 3 N–H and O–H groups in total. The molecule has 2 aromatic carbocycles. The quantitative estimate of drug-likeness (QED) is 0.339. The van der Waals surface area contributed by atoms with Gasteiger partial charge in [-0.2, -0.15) is 4.98 Å². The first kappa shape index (κ1) is 23.4. The van der Waals surface area contributed by atoms with Crippen molar-refractivity contribution in [3.05, 3.63) is 65.1 Å². The maximum atomic E-state index is 13.4. The van der Waals surface area contributed by atoms with Gasteiger partial charge in [0.05, 0.1) is 11.4 Å².